The first-order valence-electron chi connectivity index (χ1n) is 7.38. The van der Waals surface area contributed by atoms with Gasteiger partial charge in [0, 0.05) is 0 Å². The Labute approximate surface area is 148 Å². The molecule has 25 heavy (non-hydrogen) atoms. The molecule has 2 rings (SSSR count). The van der Waals surface area contributed by atoms with Crippen molar-refractivity contribution in [3.8, 4) is 11.8 Å². The molecule has 1 heterocycles. The zero-order valence-electron chi connectivity index (χ0n) is 13.9. The van der Waals surface area contributed by atoms with E-state index in [-0.39, 0.29) is 5.69 Å². The Morgan fingerprint density at radius 1 is 1.16 bits per heavy atom. The molecule has 7 heteroatoms. The van der Waals surface area contributed by atoms with Crippen LogP contribution in [0.15, 0.2) is 41.5 Å². The normalized spacial score (nSPS) is 12.5. The van der Waals surface area contributed by atoms with Crippen LogP contribution in [-0.4, -0.2) is 16.4 Å². The second-order valence-corrected chi connectivity index (χ2v) is 6.91. The summed E-state index contributed by atoms with van der Waals surface area (Å²) in [4.78, 5) is 1.51. The SMILES string of the molecule is CC(=NNc1ccccc1C(F)(F)F)c1ccc(C#CC(C)(C)O)s1. The van der Waals surface area contributed by atoms with E-state index < -0.39 is 17.3 Å². The Kier molecular flexibility index (Phi) is 5.55. The molecule has 0 aliphatic carbocycles. The number of para-hydroxylation sites is 1. The van der Waals surface area contributed by atoms with Crippen LogP contribution in [0, 0.1) is 11.8 Å². The molecule has 132 valence electrons. The van der Waals surface area contributed by atoms with Crippen LogP contribution < -0.4 is 5.43 Å². The fourth-order valence-corrected chi connectivity index (χ4v) is 2.65. The monoisotopic (exact) mass is 366 g/mol. The summed E-state index contributed by atoms with van der Waals surface area (Å²) in [5.41, 5.74) is 1.06. The van der Waals surface area contributed by atoms with Crippen LogP contribution in [0.3, 0.4) is 0 Å². The minimum atomic E-state index is -4.45. The maximum atomic E-state index is 13.0. The number of anilines is 1. The second kappa shape index (κ2) is 7.30. The number of alkyl halides is 3. The van der Waals surface area contributed by atoms with Gasteiger partial charge in [-0.3, -0.25) is 5.43 Å². The number of hydrogen-bond acceptors (Lipinski definition) is 4. The molecular formula is C18H17F3N2OS. The summed E-state index contributed by atoms with van der Waals surface area (Å²) in [6, 6.07) is 8.74. The maximum absolute atomic E-state index is 13.0. The van der Waals surface area contributed by atoms with Crippen molar-refractivity contribution < 1.29 is 18.3 Å². The van der Waals surface area contributed by atoms with E-state index in [1.54, 1.807) is 32.9 Å². The van der Waals surface area contributed by atoms with Crippen molar-refractivity contribution in [1.82, 2.24) is 0 Å². The molecule has 2 N–H and O–H groups in total. The van der Waals surface area contributed by atoms with Gasteiger partial charge < -0.3 is 5.11 Å². The third-order valence-electron chi connectivity index (χ3n) is 3.03. The second-order valence-electron chi connectivity index (χ2n) is 5.83. The van der Waals surface area contributed by atoms with Crippen LogP contribution in [-0.2, 0) is 6.18 Å². The van der Waals surface area contributed by atoms with Crippen LogP contribution >= 0.6 is 11.3 Å². The zero-order chi connectivity index (χ0) is 18.7. The van der Waals surface area contributed by atoms with Crippen LogP contribution in [0.5, 0.6) is 0 Å². The summed E-state index contributed by atoms with van der Waals surface area (Å²) >= 11 is 1.35. The average Bonchev–Trinajstić information content (AvgIpc) is 2.98. The number of thiophene rings is 1. The van der Waals surface area contributed by atoms with Gasteiger partial charge in [-0.15, -0.1) is 11.3 Å². The van der Waals surface area contributed by atoms with Crippen molar-refractivity contribution in [2.75, 3.05) is 5.43 Å². The highest BCUT2D eigenvalue weighted by molar-refractivity contribution is 7.14. The van der Waals surface area contributed by atoms with E-state index in [4.69, 9.17) is 0 Å². The lowest BCUT2D eigenvalue weighted by molar-refractivity contribution is -0.136. The third kappa shape index (κ3) is 5.62. The van der Waals surface area contributed by atoms with Crippen molar-refractivity contribution in [1.29, 1.82) is 0 Å². The molecule has 2 aromatic rings. The zero-order valence-corrected chi connectivity index (χ0v) is 14.7. The maximum Gasteiger partial charge on any atom is 0.418 e. The van der Waals surface area contributed by atoms with Crippen molar-refractivity contribution in [3.05, 3.63) is 51.7 Å². The Bertz CT molecular complexity index is 836. The molecule has 0 bridgehead atoms. The van der Waals surface area contributed by atoms with Gasteiger partial charge in [0.05, 0.1) is 26.7 Å². The Morgan fingerprint density at radius 3 is 2.48 bits per heavy atom. The van der Waals surface area contributed by atoms with Crippen LogP contribution in [0.25, 0.3) is 0 Å². The van der Waals surface area contributed by atoms with Crippen molar-refractivity contribution in [2.45, 2.75) is 32.5 Å². The van der Waals surface area contributed by atoms with Gasteiger partial charge in [-0.05, 0) is 45.0 Å². The van der Waals surface area contributed by atoms with Gasteiger partial charge in [0.1, 0.15) is 5.60 Å². The predicted octanol–water partition coefficient (Wildman–Crippen LogP) is 4.73. The molecule has 0 saturated heterocycles. The Hall–Kier alpha value is -2.30. The molecule has 0 radical (unpaired) electrons. The summed E-state index contributed by atoms with van der Waals surface area (Å²) in [5.74, 6) is 5.56. The fourth-order valence-electron chi connectivity index (χ4n) is 1.84. The topological polar surface area (TPSA) is 44.6 Å². The van der Waals surface area contributed by atoms with Crippen LogP contribution in [0.4, 0.5) is 18.9 Å². The van der Waals surface area contributed by atoms with Gasteiger partial charge in [0.25, 0.3) is 0 Å². The highest BCUT2D eigenvalue weighted by Gasteiger charge is 2.33. The summed E-state index contributed by atoms with van der Waals surface area (Å²) in [7, 11) is 0. The molecule has 0 aliphatic rings. The number of hydrazone groups is 1. The van der Waals surface area contributed by atoms with E-state index in [0.29, 0.717) is 5.71 Å². The molecule has 0 spiro atoms. The molecule has 0 atom stereocenters. The Balaban J connectivity index is 2.18. The van der Waals surface area contributed by atoms with Gasteiger partial charge in [-0.2, -0.15) is 18.3 Å². The van der Waals surface area contributed by atoms with Crippen molar-refractivity contribution in [2.24, 2.45) is 5.10 Å². The van der Waals surface area contributed by atoms with Gasteiger partial charge in [0.2, 0.25) is 0 Å². The minimum Gasteiger partial charge on any atom is -0.378 e. The number of nitrogens with zero attached hydrogens (tertiary/aromatic N) is 1. The molecule has 1 aromatic carbocycles. The average molecular weight is 366 g/mol. The summed E-state index contributed by atoms with van der Waals surface area (Å²) in [6.07, 6.45) is -4.45. The molecule has 3 nitrogen and oxygen atoms in total. The molecule has 0 fully saturated rings. The van der Waals surface area contributed by atoms with Crippen LogP contribution in [0.1, 0.15) is 36.1 Å². The number of hydrogen-bond donors (Lipinski definition) is 2. The highest BCUT2D eigenvalue weighted by atomic mass is 32.1. The third-order valence-corrected chi connectivity index (χ3v) is 4.14. The standard InChI is InChI=1S/C18H17F3N2OS/c1-12(16-9-8-13(25-16)10-11-17(2,3)24)22-23-15-7-5-4-6-14(15)18(19,20)21/h4-9,23-24H,1-3H3. The molecule has 0 amide bonds. The van der Waals surface area contributed by atoms with Gasteiger partial charge in [-0.25, -0.2) is 0 Å². The number of halogens is 3. The largest absolute Gasteiger partial charge is 0.418 e. The van der Waals surface area contributed by atoms with Gasteiger partial charge in [0.15, 0.2) is 0 Å². The van der Waals surface area contributed by atoms with E-state index in [2.05, 4.69) is 22.4 Å². The smallest absolute Gasteiger partial charge is 0.378 e. The fraction of sp³-hybridized carbons (Fsp3) is 0.278. The molecular weight excluding hydrogens is 349 g/mol. The first-order valence-corrected chi connectivity index (χ1v) is 8.20. The first kappa shape index (κ1) is 19.0. The Morgan fingerprint density at radius 2 is 1.84 bits per heavy atom. The minimum absolute atomic E-state index is 0.104. The lowest BCUT2D eigenvalue weighted by Crippen LogP contribution is -2.14. The van der Waals surface area contributed by atoms with Crippen LogP contribution in [0.2, 0.25) is 0 Å². The van der Waals surface area contributed by atoms with Crippen molar-refractivity contribution in [3.63, 3.8) is 0 Å². The molecule has 1 aromatic heterocycles. The number of nitrogens with one attached hydrogen (secondary N) is 1. The first-order chi connectivity index (χ1) is 11.6. The number of rotatable bonds is 3. The molecule has 0 unspecified atom stereocenters. The van der Waals surface area contributed by atoms with E-state index in [0.717, 1.165) is 15.8 Å². The number of aliphatic hydroxyl groups is 1. The quantitative estimate of drug-likeness (QED) is 0.469. The number of benzene rings is 1. The van der Waals surface area contributed by atoms with Gasteiger partial charge in [-0.1, -0.05) is 24.0 Å². The van der Waals surface area contributed by atoms with E-state index >= 15 is 0 Å². The van der Waals surface area contributed by atoms with Gasteiger partial charge >= 0.3 is 6.18 Å². The lowest BCUT2D eigenvalue weighted by atomic mass is 10.1. The lowest BCUT2D eigenvalue weighted by Gasteiger charge is -2.12. The summed E-state index contributed by atoms with van der Waals surface area (Å²) in [5, 5.41) is 13.6. The molecule has 0 aliphatic heterocycles. The summed E-state index contributed by atoms with van der Waals surface area (Å²) < 4.78 is 38.9. The van der Waals surface area contributed by atoms with Crippen molar-refractivity contribution >= 4 is 22.7 Å². The van der Waals surface area contributed by atoms with E-state index in [9.17, 15) is 18.3 Å². The molecule has 0 saturated carbocycles. The van der Waals surface area contributed by atoms with E-state index in [1.807, 2.05) is 0 Å². The van der Waals surface area contributed by atoms with E-state index in [1.165, 1.54) is 29.5 Å². The predicted molar refractivity (Wildman–Crippen MR) is 94.8 cm³/mol. The highest BCUT2D eigenvalue weighted by Crippen LogP contribution is 2.34. The summed E-state index contributed by atoms with van der Waals surface area (Å²) in [6.45, 7) is 4.87.